The van der Waals surface area contributed by atoms with Crippen LogP contribution in [0, 0.1) is 0 Å². The standard InChI is InChI=1S/C12H14N4/c1-9(2)10-5-3-4-6-11(10)16-12-14-7-13-8-15-12/h3-9H,1-2H3,(H,13,14,15,16). The number of hydrogen-bond donors (Lipinski definition) is 1. The van der Waals surface area contributed by atoms with Crippen molar-refractivity contribution in [1.29, 1.82) is 0 Å². The van der Waals surface area contributed by atoms with E-state index in [2.05, 4.69) is 40.2 Å². The highest BCUT2D eigenvalue weighted by Gasteiger charge is 2.06. The molecule has 0 aliphatic rings. The molecule has 0 fully saturated rings. The Labute approximate surface area is 94.8 Å². The third-order valence-corrected chi connectivity index (χ3v) is 2.32. The molecule has 0 aliphatic heterocycles. The number of nitrogens with one attached hydrogen (secondary N) is 1. The second-order valence-electron chi connectivity index (χ2n) is 3.83. The van der Waals surface area contributed by atoms with E-state index in [1.807, 2.05) is 18.2 Å². The van der Waals surface area contributed by atoms with Crippen LogP contribution in [0.25, 0.3) is 0 Å². The second kappa shape index (κ2) is 4.70. The zero-order valence-corrected chi connectivity index (χ0v) is 9.38. The minimum Gasteiger partial charge on any atom is -0.324 e. The van der Waals surface area contributed by atoms with E-state index >= 15 is 0 Å². The molecule has 4 nitrogen and oxygen atoms in total. The van der Waals surface area contributed by atoms with Crippen molar-refractivity contribution in [1.82, 2.24) is 15.0 Å². The third-order valence-electron chi connectivity index (χ3n) is 2.32. The molecule has 2 aromatic rings. The molecule has 0 amide bonds. The third kappa shape index (κ3) is 2.34. The molecular formula is C12H14N4. The predicted octanol–water partition coefficient (Wildman–Crippen LogP) is 2.74. The van der Waals surface area contributed by atoms with Crippen LogP contribution in [0.5, 0.6) is 0 Å². The van der Waals surface area contributed by atoms with E-state index < -0.39 is 0 Å². The molecule has 0 bridgehead atoms. The Bertz CT molecular complexity index is 454. The lowest BCUT2D eigenvalue weighted by molar-refractivity contribution is 0.868. The summed E-state index contributed by atoms with van der Waals surface area (Å²) in [5.74, 6) is 1.04. The molecule has 0 radical (unpaired) electrons. The highest BCUT2D eigenvalue weighted by molar-refractivity contribution is 5.59. The van der Waals surface area contributed by atoms with Crippen LogP contribution in [0.15, 0.2) is 36.9 Å². The van der Waals surface area contributed by atoms with Crippen molar-refractivity contribution in [2.24, 2.45) is 0 Å². The van der Waals surface area contributed by atoms with Gasteiger partial charge in [0, 0.05) is 5.69 Å². The van der Waals surface area contributed by atoms with Gasteiger partial charge in [0.25, 0.3) is 0 Å². The highest BCUT2D eigenvalue weighted by atomic mass is 15.1. The first kappa shape index (κ1) is 10.5. The number of benzene rings is 1. The first-order valence-corrected chi connectivity index (χ1v) is 5.25. The second-order valence-corrected chi connectivity index (χ2v) is 3.83. The van der Waals surface area contributed by atoms with Crippen molar-refractivity contribution in [3.8, 4) is 0 Å². The number of para-hydroxylation sites is 1. The lowest BCUT2D eigenvalue weighted by Gasteiger charge is -2.12. The van der Waals surface area contributed by atoms with Crippen LogP contribution in [0.1, 0.15) is 25.3 Å². The largest absolute Gasteiger partial charge is 0.324 e. The molecule has 1 aromatic heterocycles. The quantitative estimate of drug-likeness (QED) is 0.853. The predicted molar refractivity (Wildman–Crippen MR) is 63.6 cm³/mol. The van der Waals surface area contributed by atoms with Gasteiger partial charge in [-0.2, -0.15) is 0 Å². The van der Waals surface area contributed by atoms with Crippen LogP contribution in [-0.4, -0.2) is 15.0 Å². The van der Waals surface area contributed by atoms with Crippen LogP contribution in [0.3, 0.4) is 0 Å². The van der Waals surface area contributed by atoms with E-state index in [1.165, 1.54) is 18.2 Å². The van der Waals surface area contributed by atoms with Gasteiger partial charge >= 0.3 is 0 Å². The SMILES string of the molecule is CC(C)c1ccccc1Nc1ncncn1. The van der Waals surface area contributed by atoms with E-state index in [-0.39, 0.29) is 0 Å². The molecule has 0 atom stereocenters. The van der Waals surface area contributed by atoms with E-state index in [9.17, 15) is 0 Å². The van der Waals surface area contributed by atoms with Crippen molar-refractivity contribution in [2.45, 2.75) is 19.8 Å². The van der Waals surface area contributed by atoms with Crippen LogP contribution >= 0.6 is 0 Å². The summed E-state index contributed by atoms with van der Waals surface area (Å²) < 4.78 is 0. The van der Waals surface area contributed by atoms with E-state index in [4.69, 9.17) is 0 Å². The summed E-state index contributed by atoms with van der Waals surface area (Å²) in [5.41, 5.74) is 2.30. The zero-order valence-electron chi connectivity index (χ0n) is 9.38. The molecule has 1 heterocycles. The van der Waals surface area contributed by atoms with Gasteiger partial charge in [0.05, 0.1) is 0 Å². The normalized spacial score (nSPS) is 10.4. The Morgan fingerprint density at radius 2 is 1.75 bits per heavy atom. The van der Waals surface area contributed by atoms with Crippen LogP contribution in [-0.2, 0) is 0 Å². The summed E-state index contributed by atoms with van der Waals surface area (Å²) in [6, 6.07) is 8.16. The molecular weight excluding hydrogens is 200 g/mol. The van der Waals surface area contributed by atoms with Gasteiger partial charge in [0.1, 0.15) is 12.7 Å². The Morgan fingerprint density at radius 3 is 2.44 bits per heavy atom. The summed E-state index contributed by atoms with van der Waals surface area (Å²) >= 11 is 0. The summed E-state index contributed by atoms with van der Waals surface area (Å²) in [5, 5.41) is 3.19. The molecule has 82 valence electrons. The number of hydrogen-bond acceptors (Lipinski definition) is 4. The summed E-state index contributed by atoms with van der Waals surface area (Å²) in [6.07, 6.45) is 2.96. The smallest absolute Gasteiger partial charge is 0.230 e. The van der Waals surface area contributed by atoms with Crippen molar-refractivity contribution >= 4 is 11.6 Å². The van der Waals surface area contributed by atoms with Crippen molar-refractivity contribution < 1.29 is 0 Å². The van der Waals surface area contributed by atoms with Crippen LogP contribution < -0.4 is 5.32 Å². The molecule has 0 spiro atoms. The van der Waals surface area contributed by atoms with Gasteiger partial charge in [-0.25, -0.2) is 15.0 Å². The Morgan fingerprint density at radius 1 is 1.06 bits per heavy atom. The number of aromatic nitrogens is 3. The fraction of sp³-hybridized carbons (Fsp3) is 0.250. The van der Waals surface area contributed by atoms with Crippen LogP contribution in [0.2, 0.25) is 0 Å². The van der Waals surface area contributed by atoms with Gasteiger partial charge in [-0.15, -0.1) is 0 Å². The molecule has 4 heteroatoms. The molecule has 0 saturated carbocycles. The van der Waals surface area contributed by atoms with Crippen LogP contribution in [0.4, 0.5) is 11.6 Å². The van der Waals surface area contributed by atoms with E-state index in [0.717, 1.165) is 5.69 Å². The minimum atomic E-state index is 0.463. The summed E-state index contributed by atoms with van der Waals surface area (Å²) in [7, 11) is 0. The molecule has 0 aliphatic carbocycles. The molecule has 16 heavy (non-hydrogen) atoms. The average Bonchev–Trinajstić information content (AvgIpc) is 2.31. The molecule has 1 aromatic carbocycles. The Kier molecular flexibility index (Phi) is 3.10. The fourth-order valence-electron chi connectivity index (χ4n) is 1.54. The monoisotopic (exact) mass is 214 g/mol. The summed E-state index contributed by atoms with van der Waals surface area (Å²) in [4.78, 5) is 11.9. The lowest BCUT2D eigenvalue weighted by Crippen LogP contribution is -2.01. The van der Waals surface area contributed by atoms with Gasteiger partial charge in [0.2, 0.25) is 5.95 Å². The fourth-order valence-corrected chi connectivity index (χ4v) is 1.54. The molecule has 0 unspecified atom stereocenters. The number of anilines is 2. The minimum absolute atomic E-state index is 0.463. The highest BCUT2D eigenvalue weighted by Crippen LogP contribution is 2.25. The topological polar surface area (TPSA) is 50.7 Å². The molecule has 0 saturated heterocycles. The lowest BCUT2D eigenvalue weighted by atomic mass is 10.0. The van der Waals surface area contributed by atoms with Crippen molar-refractivity contribution in [3.63, 3.8) is 0 Å². The van der Waals surface area contributed by atoms with Gasteiger partial charge in [-0.05, 0) is 17.5 Å². The summed E-state index contributed by atoms with van der Waals surface area (Å²) in [6.45, 7) is 4.32. The van der Waals surface area contributed by atoms with Gasteiger partial charge < -0.3 is 5.32 Å². The Balaban J connectivity index is 2.28. The maximum Gasteiger partial charge on any atom is 0.230 e. The van der Waals surface area contributed by atoms with Gasteiger partial charge in [-0.3, -0.25) is 0 Å². The maximum absolute atomic E-state index is 4.04. The first-order valence-electron chi connectivity index (χ1n) is 5.25. The molecule has 2 rings (SSSR count). The number of nitrogens with zero attached hydrogens (tertiary/aromatic N) is 3. The first-order chi connectivity index (χ1) is 7.77. The Hall–Kier alpha value is -1.97. The van der Waals surface area contributed by atoms with Gasteiger partial charge in [-0.1, -0.05) is 32.0 Å². The van der Waals surface area contributed by atoms with E-state index in [1.54, 1.807) is 0 Å². The maximum atomic E-state index is 4.04. The number of rotatable bonds is 3. The average molecular weight is 214 g/mol. The molecule has 1 N–H and O–H groups in total. The van der Waals surface area contributed by atoms with E-state index in [0.29, 0.717) is 11.9 Å². The van der Waals surface area contributed by atoms with Gasteiger partial charge in [0.15, 0.2) is 0 Å². The van der Waals surface area contributed by atoms with Crippen molar-refractivity contribution in [2.75, 3.05) is 5.32 Å². The zero-order chi connectivity index (χ0) is 11.4. The van der Waals surface area contributed by atoms with Crippen molar-refractivity contribution in [3.05, 3.63) is 42.5 Å².